The van der Waals surface area contributed by atoms with Crippen LogP contribution in [0.15, 0.2) is 104 Å². The number of likely N-dealkylation sites (tertiary alicyclic amines) is 2. The van der Waals surface area contributed by atoms with Crippen LogP contribution >= 0.6 is 11.3 Å². The van der Waals surface area contributed by atoms with Crippen LogP contribution in [0.2, 0.25) is 0 Å². The Bertz CT molecular complexity index is 3290. The Kier molecular flexibility index (Phi) is 26.5. The Labute approximate surface area is 546 Å². The number of aromatic amines is 1. The van der Waals surface area contributed by atoms with Gasteiger partial charge in [0, 0.05) is 81.9 Å². The second-order valence-corrected chi connectivity index (χ2v) is 26.4. The fourth-order valence-corrected chi connectivity index (χ4v) is 12.7. The highest BCUT2D eigenvalue weighted by Gasteiger charge is 2.42. The molecule has 496 valence electrons. The molecular formula is C70H95N11O10S. The van der Waals surface area contributed by atoms with Crippen molar-refractivity contribution in [1.29, 1.82) is 0 Å². The predicted molar refractivity (Wildman–Crippen MR) is 356 cm³/mol. The van der Waals surface area contributed by atoms with Crippen LogP contribution in [0.4, 0.5) is 10.5 Å². The van der Waals surface area contributed by atoms with Crippen molar-refractivity contribution in [3.8, 4) is 22.9 Å². The number of aromatic nitrogens is 5. The van der Waals surface area contributed by atoms with Gasteiger partial charge >= 0.3 is 6.09 Å². The molecule has 4 N–H and O–H groups in total. The first-order chi connectivity index (χ1) is 44.4. The molecule has 21 nitrogen and oxygen atoms in total. The molecule has 3 aliphatic rings. The number of hydrogen-bond acceptors (Lipinski definition) is 17. The summed E-state index contributed by atoms with van der Waals surface area (Å²) in [4.78, 5) is 84.7. The Morgan fingerprint density at radius 1 is 0.804 bits per heavy atom. The van der Waals surface area contributed by atoms with Gasteiger partial charge in [-0.25, -0.2) is 14.8 Å². The van der Waals surface area contributed by atoms with Crippen molar-refractivity contribution in [2.45, 2.75) is 160 Å². The van der Waals surface area contributed by atoms with E-state index >= 15 is 0 Å². The maximum absolute atomic E-state index is 14.5. The third kappa shape index (κ3) is 20.6. The highest BCUT2D eigenvalue weighted by atomic mass is 32.1. The normalized spacial score (nSPS) is 16.9. The quantitative estimate of drug-likeness (QED) is 0.0186. The number of carbonyl (C=O) groups excluding carboxylic acids is 5. The minimum atomic E-state index is -0.852. The van der Waals surface area contributed by atoms with E-state index in [-0.39, 0.29) is 35.2 Å². The summed E-state index contributed by atoms with van der Waals surface area (Å²) in [5.41, 5.74) is 3.86. The van der Waals surface area contributed by atoms with E-state index in [0.717, 1.165) is 119 Å². The largest absolute Gasteiger partial charge is 0.494 e. The number of ketones is 1. The van der Waals surface area contributed by atoms with Crippen molar-refractivity contribution in [3.63, 3.8) is 0 Å². The lowest BCUT2D eigenvalue weighted by Gasteiger charge is -2.40. The van der Waals surface area contributed by atoms with E-state index in [1.165, 1.54) is 28.8 Å². The number of amides is 4. The van der Waals surface area contributed by atoms with Crippen LogP contribution < -0.4 is 25.4 Å². The molecule has 6 aromatic rings. The van der Waals surface area contributed by atoms with E-state index in [0.29, 0.717) is 86.0 Å². The number of benzene rings is 3. The Morgan fingerprint density at radius 3 is 2.24 bits per heavy atom. The molecule has 22 heteroatoms. The van der Waals surface area contributed by atoms with Gasteiger partial charge in [-0.05, 0) is 178 Å². The molecule has 92 heavy (non-hydrogen) atoms. The van der Waals surface area contributed by atoms with Gasteiger partial charge in [-0.3, -0.25) is 34.2 Å². The van der Waals surface area contributed by atoms with Gasteiger partial charge < -0.3 is 49.4 Å². The number of H-pyrrole nitrogens is 1. The zero-order chi connectivity index (χ0) is 65.5. The smallest absolute Gasteiger partial charge is 0.410 e. The first-order valence-electron chi connectivity index (χ1n) is 32.6. The van der Waals surface area contributed by atoms with E-state index in [2.05, 4.69) is 79.3 Å². The molecule has 5 heterocycles. The summed E-state index contributed by atoms with van der Waals surface area (Å²) in [6.07, 6.45) is 17.0. The van der Waals surface area contributed by atoms with E-state index in [1.807, 2.05) is 54.3 Å². The van der Waals surface area contributed by atoms with Crippen molar-refractivity contribution >= 4 is 47.1 Å². The second kappa shape index (κ2) is 34.8. The number of thiazole rings is 1. The molecule has 3 aromatic heterocycles. The van der Waals surface area contributed by atoms with Crippen LogP contribution in [0.25, 0.3) is 11.4 Å². The Morgan fingerprint density at radius 2 is 1.50 bits per heavy atom. The number of pyridine rings is 1. The molecule has 2 aliphatic heterocycles. The first kappa shape index (κ1) is 70.1. The number of nitrogens with zero attached hydrogens (tertiary/aromatic N) is 7. The number of anilines is 1. The fraction of sp³-hybridized carbons (Fsp3) is 0.529. The summed E-state index contributed by atoms with van der Waals surface area (Å²) >= 11 is 1.29. The van der Waals surface area contributed by atoms with Gasteiger partial charge in [0.1, 0.15) is 40.8 Å². The number of carbonyl (C=O) groups is 5. The summed E-state index contributed by atoms with van der Waals surface area (Å²) in [5, 5.41) is 17.9. The molecule has 3 unspecified atom stereocenters. The molecule has 3 aromatic carbocycles. The van der Waals surface area contributed by atoms with Gasteiger partial charge in [-0.15, -0.1) is 11.3 Å². The number of unbranched alkanes of at least 4 members (excludes halogenated alkanes) is 2. The van der Waals surface area contributed by atoms with Crippen molar-refractivity contribution in [3.05, 3.63) is 136 Å². The monoisotopic (exact) mass is 1280 g/mol. The van der Waals surface area contributed by atoms with E-state index in [9.17, 15) is 24.0 Å². The van der Waals surface area contributed by atoms with Gasteiger partial charge in [0.15, 0.2) is 11.6 Å². The van der Waals surface area contributed by atoms with Crippen molar-refractivity contribution in [2.75, 3.05) is 78.7 Å². The van der Waals surface area contributed by atoms with Crippen LogP contribution in [0.5, 0.6) is 11.5 Å². The first-order valence-corrected chi connectivity index (χ1v) is 33.5. The summed E-state index contributed by atoms with van der Waals surface area (Å²) < 4.78 is 28.8. The van der Waals surface area contributed by atoms with Gasteiger partial charge in [0.05, 0.1) is 35.7 Å². The Hall–Kier alpha value is -7.79. The molecule has 4 atom stereocenters. The van der Waals surface area contributed by atoms with Crippen molar-refractivity contribution in [2.24, 2.45) is 5.92 Å². The number of ether oxygens (including phenoxy) is 5. The highest BCUT2D eigenvalue weighted by molar-refractivity contribution is 7.14. The van der Waals surface area contributed by atoms with Crippen LogP contribution in [0, 0.1) is 12.8 Å². The molecule has 3 fully saturated rings. The van der Waals surface area contributed by atoms with Crippen LogP contribution in [0.3, 0.4) is 0 Å². The van der Waals surface area contributed by atoms with Gasteiger partial charge in [0.25, 0.3) is 0 Å². The van der Waals surface area contributed by atoms with E-state index in [4.69, 9.17) is 28.7 Å². The Balaban J connectivity index is 0.000000344. The zero-order valence-electron chi connectivity index (χ0n) is 55.0. The summed E-state index contributed by atoms with van der Waals surface area (Å²) in [6.45, 7) is 16.8. The molecule has 0 radical (unpaired) electrons. The lowest BCUT2D eigenvalue weighted by Crippen LogP contribution is -2.56. The summed E-state index contributed by atoms with van der Waals surface area (Å²) in [7, 11) is 3.69. The average Bonchev–Trinajstić information content (AvgIpc) is 1.58. The summed E-state index contributed by atoms with van der Waals surface area (Å²) in [5.74, 6) is 2.21. The number of nitrogens with one attached hydrogen (secondary N) is 4. The maximum Gasteiger partial charge on any atom is 0.410 e. The molecule has 0 bridgehead atoms. The molecule has 4 amide bonds. The number of rotatable bonds is 30. The average molecular weight is 1280 g/mol. The van der Waals surface area contributed by atoms with Gasteiger partial charge in [-0.1, -0.05) is 55.7 Å². The zero-order valence-corrected chi connectivity index (χ0v) is 55.8. The second-order valence-electron chi connectivity index (χ2n) is 25.3. The SMILES string of the molecule is CC(NC=O)c1cccc(OCCCCCOCCCOCCOc2cccc(C(=O)c3cnc(C4CCCN4C(=O)[C@@H](NC(=O)C(C)N(C)C(=O)OC(C)(C)C)C4CCCCC4)s3)c2)c1.Cc1cccc(NC2(c3nc(-c4ccncc4)n[nH]3)CCN(C)CC2)c1. The number of aryl methyl sites for hydroxylation is 1. The third-order valence-electron chi connectivity index (χ3n) is 17.1. The fourth-order valence-electron chi connectivity index (χ4n) is 11.6. The van der Waals surface area contributed by atoms with Gasteiger partial charge in [-0.2, -0.15) is 5.10 Å². The van der Waals surface area contributed by atoms with Crippen molar-refractivity contribution < 1.29 is 47.7 Å². The molecule has 0 spiro atoms. The standard InChI is InChI=1S/C50H71N5O10S.C20H24N6/c1-35(52-34-56)38-19-13-21-40(31-38)63-28-12-8-11-25-61-26-16-27-62-29-30-64-41-22-14-20-39(32-41)45(57)43-33-51-47(66-43)42-23-15-24-55(42)48(59)44(37-17-9-7-10-18-37)53-46(58)36(2)54(6)49(60)65-50(3,4)5;1-15-4-3-5-17(14-15)23-20(8-12-26(2)13-9-20)19-22-18(24-25-19)16-6-10-21-11-7-16/h13-14,19-22,31-37,42,44H,7-12,15-18,23-30H2,1-6H3,(H,52,56)(H,53,58);3-7,10-11,14,23H,8-9,12-13H2,1-2H3,(H,22,24,25)/t35?,36?,42?,44-;/m0./s1. The topological polar surface area (TPSA) is 245 Å². The van der Waals surface area contributed by atoms with Crippen LogP contribution in [-0.4, -0.2) is 161 Å². The molecule has 9 rings (SSSR count). The lowest BCUT2D eigenvalue weighted by atomic mass is 9.83. The predicted octanol–water partition coefficient (Wildman–Crippen LogP) is 11.4. The molecule has 1 saturated carbocycles. The number of likely N-dealkylation sites (N-methyl/N-ethyl adjacent to an activating group) is 1. The van der Waals surface area contributed by atoms with Crippen molar-refractivity contribution in [1.82, 2.24) is 50.5 Å². The van der Waals surface area contributed by atoms with Crippen LogP contribution in [-0.2, 0) is 34.1 Å². The summed E-state index contributed by atoms with van der Waals surface area (Å²) in [6, 6.07) is 25.2. The molecule has 2 saturated heterocycles. The molecule has 1 aliphatic carbocycles. The van der Waals surface area contributed by atoms with Gasteiger partial charge in [0.2, 0.25) is 24.0 Å². The minimum Gasteiger partial charge on any atom is -0.494 e. The van der Waals surface area contributed by atoms with Crippen LogP contribution in [0.1, 0.15) is 167 Å². The maximum atomic E-state index is 14.5. The van der Waals surface area contributed by atoms with E-state index < -0.39 is 29.7 Å². The highest BCUT2D eigenvalue weighted by Crippen LogP contribution is 2.39. The number of hydrogen-bond donors (Lipinski definition) is 4. The minimum absolute atomic E-state index is 0.0238. The van der Waals surface area contributed by atoms with E-state index in [1.54, 1.807) is 64.5 Å². The lowest BCUT2D eigenvalue weighted by molar-refractivity contribution is -0.140. The number of piperidine rings is 1. The third-order valence-corrected chi connectivity index (χ3v) is 18.2. The molecular weight excluding hydrogens is 1190 g/mol.